The minimum absolute atomic E-state index is 0.0268. The number of hydrogen-bond donors (Lipinski definition) is 1. The molecule has 0 bridgehead atoms. The molecule has 0 atom stereocenters. The first kappa shape index (κ1) is 16.4. The lowest BCUT2D eigenvalue weighted by molar-refractivity contribution is 0.154. The molecule has 1 aliphatic carbocycles. The van der Waals surface area contributed by atoms with Crippen LogP contribution < -0.4 is 5.32 Å². The van der Waals surface area contributed by atoms with E-state index in [1.54, 1.807) is 0 Å². The molecule has 5 nitrogen and oxygen atoms in total. The third-order valence-electron chi connectivity index (χ3n) is 4.93. The Labute approximate surface area is 139 Å². The topological polar surface area (TPSA) is 48.7 Å². The normalized spacial score (nSPS) is 20.0. The maximum atomic E-state index is 12.7. The molecule has 3 rings (SSSR count). The number of carbonyl (C=O) groups excluding carboxylic acids is 1. The molecule has 0 aromatic carbocycles. The van der Waals surface area contributed by atoms with E-state index in [0.717, 1.165) is 43.5 Å². The highest BCUT2D eigenvalue weighted by Crippen LogP contribution is 2.29. The van der Waals surface area contributed by atoms with Crippen LogP contribution >= 0.6 is 0 Å². The van der Waals surface area contributed by atoms with Crippen molar-refractivity contribution < 1.29 is 9.21 Å². The highest BCUT2D eigenvalue weighted by molar-refractivity contribution is 5.74. The summed E-state index contributed by atoms with van der Waals surface area (Å²) in [6.07, 6.45) is 4.85. The van der Waals surface area contributed by atoms with Gasteiger partial charge in [0.25, 0.3) is 0 Å². The molecule has 0 radical (unpaired) electrons. The summed E-state index contributed by atoms with van der Waals surface area (Å²) in [5, 5.41) is 3.23. The lowest BCUT2D eigenvalue weighted by Gasteiger charge is -2.34. The van der Waals surface area contributed by atoms with Crippen molar-refractivity contribution in [2.24, 2.45) is 0 Å². The molecule has 2 heterocycles. The minimum Gasteiger partial charge on any atom is -0.464 e. The summed E-state index contributed by atoms with van der Waals surface area (Å²) in [4.78, 5) is 17.1. The van der Waals surface area contributed by atoms with Crippen LogP contribution in [0.4, 0.5) is 4.79 Å². The van der Waals surface area contributed by atoms with Gasteiger partial charge in [0.2, 0.25) is 0 Å². The molecule has 2 aliphatic rings. The number of likely N-dealkylation sites (tertiary alicyclic amines) is 1. The summed E-state index contributed by atoms with van der Waals surface area (Å²) in [7, 11) is 0. The van der Waals surface area contributed by atoms with Crippen LogP contribution in [0.25, 0.3) is 0 Å². The van der Waals surface area contributed by atoms with Crippen molar-refractivity contribution in [2.75, 3.05) is 13.1 Å². The van der Waals surface area contributed by atoms with Crippen LogP contribution in [0.5, 0.6) is 0 Å². The number of hydrogen-bond acceptors (Lipinski definition) is 3. The van der Waals surface area contributed by atoms with Crippen LogP contribution in [0.1, 0.15) is 51.1 Å². The number of urea groups is 1. The van der Waals surface area contributed by atoms with Gasteiger partial charge in [-0.15, -0.1) is 0 Å². The van der Waals surface area contributed by atoms with E-state index in [2.05, 4.69) is 10.2 Å². The van der Waals surface area contributed by atoms with Crippen LogP contribution in [-0.4, -0.2) is 47.0 Å². The van der Waals surface area contributed by atoms with Gasteiger partial charge < -0.3 is 19.5 Å². The average molecular weight is 319 g/mol. The Hall–Kier alpha value is -1.49. The fraction of sp³-hybridized carbons (Fsp3) is 0.722. The predicted molar refractivity (Wildman–Crippen MR) is 90.3 cm³/mol. The van der Waals surface area contributed by atoms with E-state index in [0.29, 0.717) is 12.6 Å². The lowest BCUT2D eigenvalue weighted by Crippen LogP contribution is -2.50. The van der Waals surface area contributed by atoms with Crippen molar-refractivity contribution in [1.29, 1.82) is 0 Å². The number of carbonyl (C=O) groups is 1. The maximum absolute atomic E-state index is 12.7. The van der Waals surface area contributed by atoms with Crippen LogP contribution in [0, 0.1) is 6.92 Å². The number of furan rings is 1. The third kappa shape index (κ3) is 4.28. The molecule has 1 saturated carbocycles. The largest absolute Gasteiger partial charge is 0.464 e. The first-order chi connectivity index (χ1) is 11.0. The molecular formula is C18H29N3O2. The van der Waals surface area contributed by atoms with Crippen molar-refractivity contribution in [3.8, 4) is 0 Å². The highest BCUT2D eigenvalue weighted by Gasteiger charge is 2.32. The molecular weight excluding hydrogens is 290 g/mol. The van der Waals surface area contributed by atoms with Crippen molar-refractivity contribution in [2.45, 2.75) is 71.1 Å². The maximum Gasteiger partial charge on any atom is 0.318 e. The van der Waals surface area contributed by atoms with E-state index in [4.69, 9.17) is 4.42 Å². The Balaban J connectivity index is 1.51. The van der Waals surface area contributed by atoms with Crippen LogP contribution in [-0.2, 0) is 6.54 Å². The quantitative estimate of drug-likeness (QED) is 0.907. The van der Waals surface area contributed by atoms with E-state index >= 15 is 0 Å². The Morgan fingerprint density at radius 1 is 1.30 bits per heavy atom. The summed E-state index contributed by atoms with van der Waals surface area (Å²) in [6.45, 7) is 8.79. The molecule has 23 heavy (non-hydrogen) atoms. The summed E-state index contributed by atoms with van der Waals surface area (Å²) in [5.41, 5.74) is 0. The van der Waals surface area contributed by atoms with Crippen molar-refractivity contribution >= 4 is 6.03 Å². The van der Waals surface area contributed by atoms with Crippen molar-refractivity contribution in [1.82, 2.24) is 15.1 Å². The van der Waals surface area contributed by atoms with Crippen molar-refractivity contribution in [3.63, 3.8) is 0 Å². The second kappa shape index (κ2) is 6.95. The smallest absolute Gasteiger partial charge is 0.318 e. The fourth-order valence-corrected chi connectivity index (χ4v) is 3.33. The Morgan fingerprint density at radius 3 is 2.52 bits per heavy atom. The number of amides is 2. The molecule has 1 aliphatic heterocycles. The van der Waals surface area contributed by atoms with E-state index < -0.39 is 0 Å². The van der Waals surface area contributed by atoms with Gasteiger partial charge in [-0.25, -0.2) is 4.79 Å². The molecule has 1 saturated heterocycles. The first-order valence-corrected chi connectivity index (χ1v) is 8.89. The van der Waals surface area contributed by atoms with Gasteiger partial charge in [-0.2, -0.15) is 0 Å². The van der Waals surface area contributed by atoms with E-state index in [1.165, 1.54) is 12.8 Å². The summed E-state index contributed by atoms with van der Waals surface area (Å²) in [6, 6.07) is 5.20. The standard InChI is InChI=1S/C18H29N3O2/c1-13(2)21(12-17-7-4-14(3)23-17)18(22)19-15-8-10-20(11-9-15)16-5-6-16/h4,7,13,15-16H,5-6,8-12H2,1-3H3,(H,19,22). The van der Waals surface area contributed by atoms with Gasteiger partial charge in [0.05, 0.1) is 6.54 Å². The molecule has 2 fully saturated rings. The molecule has 0 spiro atoms. The predicted octanol–water partition coefficient (Wildman–Crippen LogP) is 3.13. The zero-order valence-corrected chi connectivity index (χ0v) is 14.5. The first-order valence-electron chi connectivity index (χ1n) is 8.89. The molecule has 1 N–H and O–H groups in total. The van der Waals surface area contributed by atoms with Crippen LogP contribution in [0.3, 0.4) is 0 Å². The molecule has 1 aromatic rings. The Kier molecular flexibility index (Phi) is 4.95. The highest BCUT2D eigenvalue weighted by atomic mass is 16.3. The number of nitrogens with zero attached hydrogens (tertiary/aromatic N) is 2. The zero-order chi connectivity index (χ0) is 16.4. The zero-order valence-electron chi connectivity index (χ0n) is 14.5. The van der Waals surface area contributed by atoms with E-state index in [-0.39, 0.29) is 12.1 Å². The van der Waals surface area contributed by atoms with Gasteiger partial charge in [0, 0.05) is 31.2 Å². The molecule has 1 aromatic heterocycles. The Bertz CT molecular complexity index is 528. The Morgan fingerprint density at radius 2 is 2.00 bits per heavy atom. The summed E-state index contributed by atoms with van der Waals surface area (Å²) in [5.74, 6) is 1.73. The fourth-order valence-electron chi connectivity index (χ4n) is 3.33. The average Bonchev–Trinajstić information content (AvgIpc) is 3.28. The molecule has 0 unspecified atom stereocenters. The van der Waals surface area contributed by atoms with E-state index in [9.17, 15) is 4.79 Å². The summed E-state index contributed by atoms with van der Waals surface area (Å²) >= 11 is 0. The lowest BCUT2D eigenvalue weighted by atomic mass is 10.1. The van der Waals surface area contributed by atoms with Crippen LogP contribution in [0.15, 0.2) is 16.5 Å². The monoisotopic (exact) mass is 319 g/mol. The van der Waals surface area contributed by atoms with Gasteiger partial charge in [-0.1, -0.05) is 0 Å². The number of nitrogens with one attached hydrogen (secondary N) is 1. The number of aryl methyl sites for hydroxylation is 1. The van der Waals surface area contributed by atoms with Gasteiger partial charge in [0.15, 0.2) is 0 Å². The number of rotatable bonds is 5. The minimum atomic E-state index is 0.0268. The van der Waals surface area contributed by atoms with Gasteiger partial charge >= 0.3 is 6.03 Å². The van der Waals surface area contributed by atoms with Gasteiger partial charge in [-0.05, 0) is 58.6 Å². The third-order valence-corrected chi connectivity index (χ3v) is 4.93. The van der Waals surface area contributed by atoms with E-state index in [1.807, 2.05) is 37.8 Å². The van der Waals surface area contributed by atoms with Crippen LogP contribution in [0.2, 0.25) is 0 Å². The van der Waals surface area contributed by atoms with Gasteiger partial charge in [-0.3, -0.25) is 0 Å². The second-order valence-corrected chi connectivity index (χ2v) is 7.22. The van der Waals surface area contributed by atoms with Crippen molar-refractivity contribution in [3.05, 3.63) is 23.7 Å². The molecule has 5 heteroatoms. The SMILES string of the molecule is Cc1ccc(CN(C(=O)NC2CCN(C3CC3)CC2)C(C)C)o1. The second-order valence-electron chi connectivity index (χ2n) is 7.22. The summed E-state index contributed by atoms with van der Waals surface area (Å²) < 4.78 is 5.62. The molecule has 2 amide bonds. The molecule has 128 valence electrons. The number of piperidine rings is 1. The van der Waals surface area contributed by atoms with Gasteiger partial charge in [0.1, 0.15) is 11.5 Å².